The lowest BCUT2D eigenvalue weighted by molar-refractivity contribution is 0.0601. The minimum absolute atomic E-state index is 0.395. The van der Waals surface area contributed by atoms with Gasteiger partial charge in [0.25, 0.3) is 0 Å². The van der Waals surface area contributed by atoms with Crippen LogP contribution in [0.25, 0.3) is 0 Å². The van der Waals surface area contributed by atoms with E-state index in [0.29, 0.717) is 41.2 Å². The molecule has 122 valence electrons. The lowest BCUT2D eigenvalue weighted by Gasteiger charge is -2.10. The van der Waals surface area contributed by atoms with Crippen LogP contribution in [0.5, 0.6) is 0 Å². The molecule has 0 atom stereocenters. The van der Waals surface area contributed by atoms with Gasteiger partial charge in [0.05, 0.1) is 30.0 Å². The highest BCUT2D eigenvalue weighted by Gasteiger charge is 2.10. The molecule has 0 spiro atoms. The second-order valence-electron chi connectivity index (χ2n) is 4.50. The van der Waals surface area contributed by atoms with E-state index in [9.17, 15) is 4.79 Å². The first-order valence-electron chi connectivity index (χ1n) is 6.85. The molecule has 1 heterocycles. The molecule has 0 saturated heterocycles. The van der Waals surface area contributed by atoms with Gasteiger partial charge in [0.15, 0.2) is 0 Å². The van der Waals surface area contributed by atoms with Crippen LogP contribution in [0, 0.1) is 0 Å². The number of hydrogen-bond donors (Lipinski definition) is 2. The molecule has 2 N–H and O–H groups in total. The standard InChI is InChI=1S/C15H17ClN4O3/c1-22-8-7-18-15-17-6-5-13(20-15)19-12-9-10(14(21)23-2)3-4-11(12)16/h3-6,9H,7-8H2,1-2H3,(H2,17,18,19,20). The number of halogens is 1. The zero-order valence-corrected chi connectivity index (χ0v) is 13.6. The Balaban J connectivity index is 2.15. The van der Waals surface area contributed by atoms with Crippen molar-refractivity contribution in [3.05, 3.63) is 41.0 Å². The van der Waals surface area contributed by atoms with Crippen LogP contribution in [0.15, 0.2) is 30.5 Å². The molecule has 1 aromatic carbocycles. The number of ether oxygens (including phenoxy) is 2. The van der Waals surface area contributed by atoms with Crippen LogP contribution >= 0.6 is 11.6 Å². The number of hydrogen-bond acceptors (Lipinski definition) is 7. The maximum absolute atomic E-state index is 11.6. The van der Waals surface area contributed by atoms with E-state index in [1.807, 2.05) is 0 Å². The molecule has 0 amide bonds. The van der Waals surface area contributed by atoms with Gasteiger partial charge in [0, 0.05) is 19.9 Å². The molecule has 1 aromatic heterocycles. The zero-order valence-electron chi connectivity index (χ0n) is 12.8. The average Bonchev–Trinajstić information content (AvgIpc) is 2.57. The summed E-state index contributed by atoms with van der Waals surface area (Å²) in [5.74, 6) is 0.574. The third kappa shape index (κ3) is 4.80. The van der Waals surface area contributed by atoms with Crippen LogP contribution in [0.4, 0.5) is 17.5 Å². The number of carbonyl (C=O) groups excluding carboxylic acids is 1. The highest BCUT2D eigenvalue weighted by Crippen LogP contribution is 2.26. The molecule has 7 nitrogen and oxygen atoms in total. The van der Waals surface area contributed by atoms with Crippen molar-refractivity contribution in [2.24, 2.45) is 0 Å². The normalized spacial score (nSPS) is 10.2. The van der Waals surface area contributed by atoms with Gasteiger partial charge in [0.2, 0.25) is 5.95 Å². The molecule has 0 aliphatic carbocycles. The van der Waals surface area contributed by atoms with Crippen molar-refractivity contribution in [1.82, 2.24) is 9.97 Å². The van der Waals surface area contributed by atoms with Crippen molar-refractivity contribution >= 4 is 35.0 Å². The molecule has 0 unspecified atom stereocenters. The number of benzene rings is 1. The first-order valence-corrected chi connectivity index (χ1v) is 7.22. The van der Waals surface area contributed by atoms with E-state index in [4.69, 9.17) is 21.1 Å². The Kier molecular flexibility index (Phi) is 6.13. The number of rotatable bonds is 7. The molecule has 0 aliphatic heterocycles. The van der Waals surface area contributed by atoms with Crippen molar-refractivity contribution in [3.8, 4) is 0 Å². The summed E-state index contributed by atoms with van der Waals surface area (Å²) in [5.41, 5.74) is 0.947. The first-order chi connectivity index (χ1) is 11.1. The summed E-state index contributed by atoms with van der Waals surface area (Å²) in [6.45, 7) is 1.15. The Morgan fingerprint density at radius 2 is 2.13 bits per heavy atom. The zero-order chi connectivity index (χ0) is 16.7. The third-order valence-electron chi connectivity index (χ3n) is 2.90. The molecule has 0 aliphatic rings. The number of nitrogens with one attached hydrogen (secondary N) is 2. The largest absolute Gasteiger partial charge is 0.465 e. The fraction of sp³-hybridized carbons (Fsp3) is 0.267. The molecule has 0 saturated carbocycles. The number of esters is 1. The summed E-state index contributed by atoms with van der Waals surface area (Å²) in [6, 6.07) is 6.52. The molecular weight excluding hydrogens is 320 g/mol. The number of methoxy groups -OCH3 is 2. The lowest BCUT2D eigenvalue weighted by Crippen LogP contribution is -2.10. The molecule has 0 radical (unpaired) electrons. The second kappa shape index (κ2) is 8.30. The SMILES string of the molecule is COCCNc1nccc(Nc2cc(C(=O)OC)ccc2Cl)n1. The van der Waals surface area contributed by atoms with Crippen LogP contribution in [0.2, 0.25) is 5.02 Å². The van der Waals surface area contributed by atoms with Gasteiger partial charge in [-0.05, 0) is 24.3 Å². The fourth-order valence-corrected chi connectivity index (χ4v) is 1.95. The van der Waals surface area contributed by atoms with E-state index in [1.165, 1.54) is 7.11 Å². The molecule has 2 aromatic rings. The van der Waals surface area contributed by atoms with E-state index in [-0.39, 0.29) is 0 Å². The van der Waals surface area contributed by atoms with Gasteiger partial charge < -0.3 is 20.1 Å². The fourth-order valence-electron chi connectivity index (χ4n) is 1.78. The third-order valence-corrected chi connectivity index (χ3v) is 3.22. The smallest absolute Gasteiger partial charge is 0.337 e. The van der Waals surface area contributed by atoms with E-state index in [1.54, 1.807) is 37.6 Å². The van der Waals surface area contributed by atoms with Crippen LogP contribution < -0.4 is 10.6 Å². The minimum atomic E-state index is -0.436. The molecule has 8 heteroatoms. The van der Waals surface area contributed by atoms with Crippen LogP contribution in [-0.2, 0) is 9.47 Å². The van der Waals surface area contributed by atoms with E-state index in [0.717, 1.165) is 0 Å². The highest BCUT2D eigenvalue weighted by atomic mass is 35.5. The highest BCUT2D eigenvalue weighted by molar-refractivity contribution is 6.33. The number of nitrogens with zero attached hydrogens (tertiary/aromatic N) is 2. The van der Waals surface area contributed by atoms with Crippen molar-refractivity contribution in [2.75, 3.05) is 38.0 Å². The lowest BCUT2D eigenvalue weighted by atomic mass is 10.2. The summed E-state index contributed by atoms with van der Waals surface area (Å²) in [6.07, 6.45) is 1.61. The molecule has 23 heavy (non-hydrogen) atoms. The quantitative estimate of drug-likeness (QED) is 0.594. The topological polar surface area (TPSA) is 85.4 Å². The monoisotopic (exact) mass is 336 g/mol. The predicted octanol–water partition coefficient (Wildman–Crippen LogP) is 2.72. The second-order valence-corrected chi connectivity index (χ2v) is 4.90. The number of carbonyl (C=O) groups is 1. The Bertz CT molecular complexity index is 682. The van der Waals surface area contributed by atoms with Gasteiger partial charge in [-0.25, -0.2) is 9.78 Å². The summed E-state index contributed by atoms with van der Waals surface area (Å²) in [7, 11) is 2.95. The van der Waals surface area contributed by atoms with Crippen molar-refractivity contribution in [1.29, 1.82) is 0 Å². The van der Waals surface area contributed by atoms with E-state index >= 15 is 0 Å². The Morgan fingerprint density at radius 1 is 1.30 bits per heavy atom. The first kappa shape index (κ1) is 17.0. The van der Waals surface area contributed by atoms with Gasteiger partial charge in [-0.15, -0.1) is 0 Å². The van der Waals surface area contributed by atoms with Gasteiger partial charge in [-0.1, -0.05) is 11.6 Å². The Morgan fingerprint density at radius 3 is 2.87 bits per heavy atom. The van der Waals surface area contributed by atoms with Crippen molar-refractivity contribution in [3.63, 3.8) is 0 Å². The van der Waals surface area contributed by atoms with Crippen molar-refractivity contribution in [2.45, 2.75) is 0 Å². The van der Waals surface area contributed by atoms with Crippen LogP contribution in [0.3, 0.4) is 0 Å². The Hall–Kier alpha value is -2.38. The maximum Gasteiger partial charge on any atom is 0.337 e. The molecule has 2 rings (SSSR count). The summed E-state index contributed by atoms with van der Waals surface area (Å²) in [5, 5.41) is 6.55. The summed E-state index contributed by atoms with van der Waals surface area (Å²) >= 11 is 6.15. The summed E-state index contributed by atoms with van der Waals surface area (Å²) in [4.78, 5) is 20.0. The maximum atomic E-state index is 11.6. The molecule has 0 fully saturated rings. The van der Waals surface area contributed by atoms with Gasteiger partial charge >= 0.3 is 5.97 Å². The van der Waals surface area contributed by atoms with Gasteiger partial charge in [0.1, 0.15) is 5.82 Å². The minimum Gasteiger partial charge on any atom is -0.465 e. The van der Waals surface area contributed by atoms with E-state index < -0.39 is 5.97 Å². The molecular formula is C15H17ClN4O3. The van der Waals surface area contributed by atoms with Crippen LogP contribution in [0.1, 0.15) is 10.4 Å². The Labute approximate surface area is 139 Å². The van der Waals surface area contributed by atoms with Gasteiger partial charge in [-0.3, -0.25) is 0 Å². The van der Waals surface area contributed by atoms with E-state index in [2.05, 4.69) is 20.6 Å². The number of aromatic nitrogens is 2. The van der Waals surface area contributed by atoms with Crippen molar-refractivity contribution < 1.29 is 14.3 Å². The predicted molar refractivity (Wildman–Crippen MR) is 88.5 cm³/mol. The van der Waals surface area contributed by atoms with Gasteiger partial charge in [-0.2, -0.15) is 4.98 Å². The number of anilines is 3. The average molecular weight is 337 g/mol. The molecule has 0 bridgehead atoms. The van der Waals surface area contributed by atoms with Crippen LogP contribution in [-0.4, -0.2) is 43.3 Å². The summed E-state index contributed by atoms with van der Waals surface area (Å²) < 4.78 is 9.65.